The van der Waals surface area contributed by atoms with E-state index in [1.165, 1.54) is 7.11 Å². The number of nitriles is 1. The van der Waals surface area contributed by atoms with Gasteiger partial charge in [-0.05, 0) is 36.8 Å². The van der Waals surface area contributed by atoms with Crippen molar-refractivity contribution < 1.29 is 9.53 Å². The van der Waals surface area contributed by atoms with Crippen LogP contribution in [0.2, 0.25) is 0 Å². The van der Waals surface area contributed by atoms with Crippen molar-refractivity contribution >= 4 is 11.7 Å². The number of benzene rings is 1. The van der Waals surface area contributed by atoms with E-state index in [2.05, 4.69) is 6.07 Å². The lowest BCUT2D eigenvalue weighted by molar-refractivity contribution is 0.0602. The minimum atomic E-state index is -0.492. The molecule has 2 aromatic rings. The third kappa shape index (κ3) is 2.16. The highest BCUT2D eigenvalue weighted by molar-refractivity contribution is 5.96. The van der Waals surface area contributed by atoms with E-state index in [0.717, 1.165) is 5.56 Å². The molecule has 0 bridgehead atoms. The molecule has 0 aliphatic carbocycles. The van der Waals surface area contributed by atoms with Crippen LogP contribution in [0.4, 0.5) is 5.69 Å². The summed E-state index contributed by atoms with van der Waals surface area (Å²) in [5, 5.41) is 9.03. The SMILES string of the molecule is COC(=O)c1cc(-n2cccc2C#N)cc(C)c1N. The monoisotopic (exact) mass is 255 g/mol. The van der Waals surface area contributed by atoms with Crippen LogP contribution < -0.4 is 5.73 Å². The molecule has 0 saturated carbocycles. The van der Waals surface area contributed by atoms with Crippen LogP contribution in [0.15, 0.2) is 30.5 Å². The fourth-order valence-electron chi connectivity index (χ4n) is 1.89. The molecule has 5 nitrogen and oxygen atoms in total. The quantitative estimate of drug-likeness (QED) is 0.657. The third-order valence-electron chi connectivity index (χ3n) is 2.92. The van der Waals surface area contributed by atoms with Crippen LogP contribution in [-0.2, 0) is 4.74 Å². The van der Waals surface area contributed by atoms with Gasteiger partial charge in [-0.1, -0.05) is 0 Å². The first-order valence-electron chi connectivity index (χ1n) is 5.64. The zero-order valence-corrected chi connectivity index (χ0v) is 10.7. The van der Waals surface area contributed by atoms with Gasteiger partial charge in [0.25, 0.3) is 0 Å². The van der Waals surface area contributed by atoms with E-state index in [0.29, 0.717) is 22.6 Å². The van der Waals surface area contributed by atoms with Crippen molar-refractivity contribution in [3.63, 3.8) is 0 Å². The summed E-state index contributed by atoms with van der Waals surface area (Å²) in [5.74, 6) is -0.492. The van der Waals surface area contributed by atoms with Gasteiger partial charge in [0.05, 0.1) is 12.7 Å². The van der Waals surface area contributed by atoms with Crippen LogP contribution in [0.25, 0.3) is 5.69 Å². The van der Waals surface area contributed by atoms with E-state index >= 15 is 0 Å². The Morgan fingerprint density at radius 1 is 1.47 bits per heavy atom. The van der Waals surface area contributed by atoms with E-state index in [9.17, 15) is 4.79 Å². The number of methoxy groups -OCH3 is 1. The van der Waals surface area contributed by atoms with Gasteiger partial charge in [-0.3, -0.25) is 0 Å². The van der Waals surface area contributed by atoms with Crippen LogP contribution in [0.1, 0.15) is 21.6 Å². The van der Waals surface area contributed by atoms with E-state index in [1.54, 1.807) is 35.9 Å². The van der Waals surface area contributed by atoms with Gasteiger partial charge in [0.1, 0.15) is 11.8 Å². The average Bonchev–Trinajstić information content (AvgIpc) is 2.89. The van der Waals surface area contributed by atoms with Gasteiger partial charge >= 0.3 is 5.97 Å². The summed E-state index contributed by atoms with van der Waals surface area (Å²) in [5.41, 5.74) is 8.52. The highest BCUT2D eigenvalue weighted by atomic mass is 16.5. The largest absolute Gasteiger partial charge is 0.465 e. The molecule has 0 spiro atoms. The van der Waals surface area contributed by atoms with Crippen molar-refractivity contribution in [2.75, 3.05) is 12.8 Å². The Morgan fingerprint density at radius 3 is 2.84 bits per heavy atom. The van der Waals surface area contributed by atoms with Gasteiger partial charge in [0.2, 0.25) is 0 Å². The van der Waals surface area contributed by atoms with Crippen LogP contribution in [0.3, 0.4) is 0 Å². The summed E-state index contributed by atoms with van der Waals surface area (Å²) in [6, 6.07) is 8.99. The summed E-state index contributed by atoms with van der Waals surface area (Å²) in [6.07, 6.45) is 1.75. The number of aromatic nitrogens is 1. The average molecular weight is 255 g/mol. The standard InChI is InChI=1S/C14H13N3O2/c1-9-6-11(17-5-3-4-10(17)8-15)7-12(13(9)16)14(18)19-2/h3-7H,16H2,1-2H3. The zero-order valence-electron chi connectivity index (χ0n) is 10.7. The van der Waals surface area contributed by atoms with Crippen LogP contribution in [-0.4, -0.2) is 17.6 Å². The Morgan fingerprint density at radius 2 is 2.21 bits per heavy atom. The van der Waals surface area contributed by atoms with Gasteiger partial charge in [-0.25, -0.2) is 4.79 Å². The number of hydrogen-bond donors (Lipinski definition) is 1. The summed E-state index contributed by atoms with van der Waals surface area (Å²) in [4.78, 5) is 11.7. The smallest absolute Gasteiger partial charge is 0.340 e. The van der Waals surface area contributed by atoms with Gasteiger partial charge in [-0.15, -0.1) is 0 Å². The summed E-state index contributed by atoms with van der Waals surface area (Å²) in [6.45, 7) is 1.81. The second kappa shape index (κ2) is 4.86. The number of hydrogen-bond acceptors (Lipinski definition) is 4. The molecule has 0 radical (unpaired) electrons. The molecule has 0 saturated heterocycles. The molecule has 0 aliphatic rings. The minimum Gasteiger partial charge on any atom is -0.465 e. The number of anilines is 1. The van der Waals surface area contributed by atoms with Crippen molar-refractivity contribution in [2.45, 2.75) is 6.92 Å². The number of nitrogens with two attached hydrogens (primary N) is 1. The van der Waals surface area contributed by atoms with Gasteiger partial charge in [0, 0.05) is 17.6 Å². The lowest BCUT2D eigenvalue weighted by Crippen LogP contribution is -2.09. The van der Waals surface area contributed by atoms with Gasteiger partial charge in [-0.2, -0.15) is 5.26 Å². The Labute approximate surface area is 110 Å². The summed E-state index contributed by atoms with van der Waals surface area (Å²) in [7, 11) is 1.31. The maximum Gasteiger partial charge on any atom is 0.340 e. The first kappa shape index (κ1) is 12.7. The number of carbonyl (C=O) groups excluding carboxylic acids is 1. The number of carbonyl (C=O) groups is 1. The maximum absolute atomic E-state index is 11.7. The fraction of sp³-hybridized carbons (Fsp3) is 0.143. The molecule has 0 fully saturated rings. The first-order chi connectivity index (χ1) is 9.08. The number of esters is 1. The van der Waals surface area contributed by atoms with Crippen LogP contribution >= 0.6 is 0 Å². The predicted octanol–water partition coefficient (Wildman–Crippen LogP) is 2.03. The maximum atomic E-state index is 11.7. The molecular formula is C14H13N3O2. The Bertz CT molecular complexity index is 680. The molecule has 96 valence electrons. The van der Waals surface area contributed by atoms with Crippen molar-refractivity contribution in [1.29, 1.82) is 5.26 Å². The van der Waals surface area contributed by atoms with Crippen LogP contribution in [0, 0.1) is 18.3 Å². The molecule has 0 amide bonds. The lowest BCUT2D eigenvalue weighted by atomic mass is 10.1. The molecule has 1 aromatic heterocycles. The summed E-state index contributed by atoms with van der Waals surface area (Å²) < 4.78 is 6.40. The van der Waals surface area contributed by atoms with Gasteiger partial charge in [0.15, 0.2) is 0 Å². The Kier molecular flexibility index (Phi) is 3.25. The normalized spacial score (nSPS) is 9.95. The van der Waals surface area contributed by atoms with Crippen LogP contribution in [0.5, 0.6) is 0 Å². The molecule has 5 heteroatoms. The fourth-order valence-corrected chi connectivity index (χ4v) is 1.89. The number of nitrogens with zero attached hydrogens (tertiary/aromatic N) is 2. The van der Waals surface area contributed by atoms with E-state index < -0.39 is 5.97 Å². The topological polar surface area (TPSA) is 81.0 Å². The Balaban J connectivity index is 2.64. The highest BCUT2D eigenvalue weighted by Gasteiger charge is 2.14. The third-order valence-corrected chi connectivity index (χ3v) is 2.92. The molecule has 0 atom stereocenters. The van der Waals surface area contributed by atoms with Crippen molar-refractivity contribution in [2.24, 2.45) is 0 Å². The Hall–Kier alpha value is -2.74. The van der Waals surface area contributed by atoms with E-state index in [4.69, 9.17) is 15.7 Å². The number of ether oxygens (including phenoxy) is 1. The van der Waals surface area contributed by atoms with Gasteiger partial charge < -0.3 is 15.0 Å². The summed E-state index contributed by atoms with van der Waals surface area (Å²) >= 11 is 0. The first-order valence-corrected chi connectivity index (χ1v) is 5.64. The number of aryl methyl sites for hydroxylation is 1. The second-order valence-corrected chi connectivity index (χ2v) is 4.09. The molecule has 1 heterocycles. The highest BCUT2D eigenvalue weighted by Crippen LogP contribution is 2.24. The van der Waals surface area contributed by atoms with Crippen molar-refractivity contribution in [3.8, 4) is 11.8 Å². The molecule has 2 N–H and O–H groups in total. The molecular weight excluding hydrogens is 242 g/mol. The molecule has 0 unspecified atom stereocenters. The predicted molar refractivity (Wildman–Crippen MR) is 71.0 cm³/mol. The number of nitrogen functional groups attached to an aromatic ring is 1. The molecule has 1 aromatic carbocycles. The lowest BCUT2D eigenvalue weighted by Gasteiger charge is -2.12. The zero-order chi connectivity index (χ0) is 14.0. The van der Waals surface area contributed by atoms with E-state index in [-0.39, 0.29) is 0 Å². The minimum absolute atomic E-state index is 0.301. The second-order valence-electron chi connectivity index (χ2n) is 4.09. The molecule has 2 rings (SSSR count). The van der Waals surface area contributed by atoms with Crippen molar-refractivity contribution in [1.82, 2.24) is 4.57 Å². The van der Waals surface area contributed by atoms with E-state index in [1.807, 2.05) is 6.07 Å². The van der Waals surface area contributed by atoms with Crippen molar-refractivity contribution in [3.05, 3.63) is 47.3 Å². The number of rotatable bonds is 2. The molecule has 19 heavy (non-hydrogen) atoms. The molecule has 0 aliphatic heterocycles.